The average molecular weight is 375 g/mol. The number of aromatic amines is 1. The molecule has 0 atom stereocenters. The summed E-state index contributed by atoms with van der Waals surface area (Å²) in [6.07, 6.45) is 1.28. The van der Waals surface area contributed by atoms with Gasteiger partial charge in [0.2, 0.25) is 10.0 Å². The highest BCUT2D eigenvalue weighted by Crippen LogP contribution is 2.23. The number of carboxylic acid groups (broad SMARTS) is 1. The Morgan fingerprint density at radius 1 is 1.48 bits per heavy atom. The van der Waals surface area contributed by atoms with E-state index in [-0.39, 0.29) is 17.0 Å². The van der Waals surface area contributed by atoms with Crippen molar-refractivity contribution in [3.05, 3.63) is 40.4 Å². The first-order chi connectivity index (χ1) is 9.82. The summed E-state index contributed by atoms with van der Waals surface area (Å²) in [7, 11) is -2.45. The number of nitrogens with one attached hydrogen (secondary N) is 1. The molecule has 2 rings (SSSR count). The smallest absolute Gasteiger partial charge is 0.336 e. The molecule has 0 saturated heterocycles. The zero-order valence-electron chi connectivity index (χ0n) is 10.8. The van der Waals surface area contributed by atoms with Crippen molar-refractivity contribution in [3.8, 4) is 0 Å². The lowest BCUT2D eigenvalue weighted by molar-refractivity contribution is 0.0695. The molecule has 0 aliphatic carbocycles. The maximum atomic E-state index is 12.4. The number of rotatable bonds is 5. The monoisotopic (exact) mass is 374 g/mol. The maximum Gasteiger partial charge on any atom is 0.336 e. The van der Waals surface area contributed by atoms with Crippen LogP contribution >= 0.6 is 15.9 Å². The summed E-state index contributed by atoms with van der Waals surface area (Å²) in [6, 6.07) is 3.83. The van der Waals surface area contributed by atoms with Gasteiger partial charge in [0.05, 0.1) is 17.0 Å². The summed E-state index contributed by atoms with van der Waals surface area (Å²) >= 11 is 3.07. The molecule has 0 amide bonds. The van der Waals surface area contributed by atoms with Crippen LogP contribution < -0.4 is 0 Å². The van der Waals surface area contributed by atoms with Gasteiger partial charge in [-0.05, 0) is 34.1 Å². The highest BCUT2D eigenvalue weighted by atomic mass is 79.9. The molecule has 1 aromatic carbocycles. The van der Waals surface area contributed by atoms with Crippen LogP contribution in [-0.2, 0) is 16.6 Å². The summed E-state index contributed by atoms with van der Waals surface area (Å²) in [5.74, 6) is -0.826. The van der Waals surface area contributed by atoms with Gasteiger partial charge in [0.15, 0.2) is 0 Å². The molecule has 2 aromatic rings. The summed E-state index contributed by atoms with van der Waals surface area (Å²) < 4.78 is 26.2. The molecular weight excluding hydrogens is 364 g/mol. The van der Waals surface area contributed by atoms with Crippen LogP contribution in [0, 0.1) is 0 Å². The van der Waals surface area contributed by atoms with Crippen molar-refractivity contribution in [2.75, 3.05) is 7.05 Å². The average Bonchev–Trinajstić information content (AvgIpc) is 2.91. The molecule has 0 saturated carbocycles. The predicted octanol–water partition coefficient (Wildman–Crippen LogP) is 1.09. The van der Waals surface area contributed by atoms with E-state index in [1.54, 1.807) is 0 Å². The molecule has 112 valence electrons. The van der Waals surface area contributed by atoms with E-state index < -0.39 is 16.0 Å². The second kappa shape index (κ2) is 5.92. The number of nitrogens with zero attached hydrogens (tertiary/aromatic N) is 3. The Morgan fingerprint density at radius 2 is 2.19 bits per heavy atom. The van der Waals surface area contributed by atoms with E-state index in [0.29, 0.717) is 10.3 Å². The fourth-order valence-electron chi connectivity index (χ4n) is 1.61. The first kappa shape index (κ1) is 15.6. The van der Waals surface area contributed by atoms with Crippen molar-refractivity contribution in [3.63, 3.8) is 0 Å². The van der Waals surface area contributed by atoms with Gasteiger partial charge in [-0.2, -0.15) is 9.40 Å². The first-order valence-corrected chi connectivity index (χ1v) is 7.89. The molecule has 0 unspecified atom stereocenters. The normalized spacial score (nSPS) is 11.8. The lowest BCUT2D eigenvalue weighted by Gasteiger charge is -2.16. The van der Waals surface area contributed by atoms with E-state index in [4.69, 9.17) is 5.11 Å². The summed E-state index contributed by atoms with van der Waals surface area (Å²) in [4.78, 5) is 14.8. The number of aromatic nitrogens is 3. The minimum atomic E-state index is -3.83. The molecule has 0 fully saturated rings. The Kier molecular flexibility index (Phi) is 4.40. The number of sulfonamides is 1. The molecule has 0 bridgehead atoms. The fourth-order valence-corrected chi connectivity index (χ4v) is 3.19. The quantitative estimate of drug-likeness (QED) is 0.808. The van der Waals surface area contributed by atoms with Crippen molar-refractivity contribution in [2.24, 2.45) is 0 Å². The molecule has 1 aromatic heterocycles. The molecule has 0 aliphatic rings. The van der Waals surface area contributed by atoms with Gasteiger partial charge in [0.1, 0.15) is 12.2 Å². The van der Waals surface area contributed by atoms with E-state index in [1.165, 1.54) is 25.5 Å². The number of benzene rings is 1. The molecule has 8 nitrogen and oxygen atoms in total. The molecule has 10 heteroatoms. The van der Waals surface area contributed by atoms with Gasteiger partial charge in [-0.15, -0.1) is 0 Å². The molecule has 0 spiro atoms. The van der Waals surface area contributed by atoms with Gasteiger partial charge in [-0.1, -0.05) is 0 Å². The third-order valence-corrected chi connectivity index (χ3v) is 5.20. The van der Waals surface area contributed by atoms with Gasteiger partial charge in [-0.25, -0.2) is 18.2 Å². The number of carbonyl (C=O) groups is 1. The number of carboxylic acids is 1. The van der Waals surface area contributed by atoms with Crippen LogP contribution in [0.3, 0.4) is 0 Å². The number of H-pyrrole nitrogens is 1. The highest BCUT2D eigenvalue weighted by Gasteiger charge is 2.23. The predicted molar refractivity (Wildman–Crippen MR) is 76.1 cm³/mol. The van der Waals surface area contributed by atoms with E-state index in [0.717, 1.165) is 10.4 Å². The van der Waals surface area contributed by atoms with Gasteiger partial charge in [0.25, 0.3) is 0 Å². The third-order valence-electron chi connectivity index (χ3n) is 2.71. The number of hydrogen-bond acceptors (Lipinski definition) is 5. The van der Waals surface area contributed by atoms with Crippen molar-refractivity contribution in [2.45, 2.75) is 11.4 Å². The van der Waals surface area contributed by atoms with Gasteiger partial charge in [0, 0.05) is 11.5 Å². The molecule has 21 heavy (non-hydrogen) atoms. The SMILES string of the molecule is CN(Cc1ncn[nH]1)S(=O)(=O)c1ccc(Br)c(C(=O)O)c1. The minimum Gasteiger partial charge on any atom is -0.478 e. The zero-order chi connectivity index (χ0) is 15.6. The standard InChI is InChI=1S/C11H11BrN4O4S/c1-16(5-10-13-6-14-15-10)21(19,20)7-2-3-9(12)8(4-7)11(17)18/h2-4,6H,5H2,1H3,(H,17,18)(H,13,14,15). The van der Waals surface area contributed by atoms with Gasteiger partial charge >= 0.3 is 5.97 Å². The first-order valence-electron chi connectivity index (χ1n) is 5.66. The lowest BCUT2D eigenvalue weighted by atomic mass is 10.2. The largest absolute Gasteiger partial charge is 0.478 e. The van der Waals surface area contributed by atoms with Crippen LogP contribution in [0.25, 0.3) is 0 Å². The number of hydrogen-bond donors (Lipinski definition) is 2. The maximum absolute atomic E-state index is 12.4. The number of aromatic carboxylic acids is 1. The van der Waals surface area contributed by atoms with E-state index in [2.05, 4.69) is 31.1 Å². The Hall–Kier alpha value is -1.78. The second-order valence-corrected chi connectivity index (χ2v) is 7.04. The minimum absolute atomic E-state index is 0.000796. The molecular formula is C11H11BrN4O4S. The van der Waals surface area contributed by atoms with Crippen LogP contribution in [0.4, 0.5) is 0 Å². The van der Waals surface area contributed by atoms with Crippen molar-refractivity contribution in [1.82, 2.24) is 19.5 Å². The van der Waals surface area contributed by atoms with Gasteiger partial charge in [-0.3, -0.25) is 5.10 Å². The van der Waals surface area contributed by atoms with E-state index in [1.807, 2.05) is 0 Å². The third kappa shape index (κ3) is 3.28. The van der Waals surface area contributed by atoms with Crippen LogP contribution in [0.5, 0.6) is 0 Å². The fraction of sp³-hybridized carbons (Fsp3) is 0.182. The molecule has 0 radical (unpaired) electrons. The number of halogens is 1. The summed E-state index contributed by atoms with van der Waals surface area (Å²) in [5.41, 5.74) is -0.121. The van der Waals surface area contributed by atoms with Crippen molar-refractivity contribution >= 4 is 31.9 Å². The van der Waals surface area contributed by atoms with Crippen LogP contribution in [0.1, 0.15) is 16.2 Å². The Bertz CT molecular complexity index is 761. The molecule has 0 aliphatic heterocycles. The Morgan fingerprint density at radius 3 is 2.76 bits per heavy atom. The Labute approximate surface area is 129 Å². The molecule has 2 N–H and O–H groups in total. The van der Waals surface area contributed by atoms with E-state index >= 15 is 0 Å². The van der Waals surface area contributed by atoms with E-state index in [9.17, 15) is 13.2 Å². The topological polar surface area (TPSA) is 116 Å². The highest BCUT2D eigenvalue weighted by molar-refractivity contribution is 9.10. The zero-order valence-corrected chi connectivity index (χ0v) is 13.2. The van der Waals surface area contributed by atoms with Crippen LogP contribution in [0.2, 0.25) is 0 Å². The lowest BCUT2D eigenvalue weighted by Crippen LogP contribution is -2.27. The Balaban J connectivity index is 2.35. The van der Waals surface area contributed by atoms with Crippen molar-refractivity contribution < 1.29 is 18.3 Å². The van der Waals surface area contributed by atoms with Gasteiger partial charge < -0.3 is 5.11 Å². The summed E-state index contributed by atoms with van der Waals surface area (Å²) in [6.45, 7) is 0.000796. The van der Waals surface area contributed by atoms with Crippen LogP contribution in [0.15, 0.2) is 33.9 Å². The molecule has 1 heterocycles. The van der Waals surface area contributed by atoms with Crippen molar-refractivity contribution in [1.29, 1.82) is 0 Å². The summed E-state index contributed by atoms with van der Waals surface area (Å²) in [5, 5.41) is 15.2. The van der Waals surface area contributed by atoms with Crippen LogP contribution in [-0.4, -0.2) is 46.0 Å². The second-order valence-electron chi connectivity index (χ2n) is 4.14.